The van der Waals surface area contributed by atoms with Gasteiger partial charge in [0.1, 0.15) is 0 Å². The fourth-order valence-electron chi connectivity index (χ4n) is 3.59. The largest absolute Gasteiger partial charge is 0.371 e. The summed E-state index contributed by atoms with van der Waals surface area (Å²) in [7, 11) is 0. The second-order valence-corrected chi connectivity index (χ2v) is 6.80. The molecule has 5 heteroatoms. The second-order valence-electron chi connectivity index (χ2n) is 6.50. The monoisotopic (exact) mass is 311 g/mol. The molecule has 1 saturated carbocycles. The second kappa shape index (κ2) is 7.12. The van der Waals surface area contributed by atoms with Crippen LogP contribution in [0.2, 0.25) is 0 Å². The number of rotatable bonds is 4. The molecule has 0 N–H and O–H groups in total. The first kappa shape index (κ1) is 15.3. The molecule has 2 fully saturated rings. The molecule has 2 heterocycles. The van der Waals surface area contributed by atoms with Gasteiger partial charge in [-0.05, 0) is 25.8 Å². The molecule has 4 nitrogen and oxygen atoms in total. The predicted octanol–water partition coefficient (Wildman–Crippen LogP) is 3.22. The van der Waals surface area contributed by atoms with Gasteiger partial charge in [-0.1, -0.05) is 19.3 Å². The maximum absolute atomic E-state index is 5.95. The van der Waals surface area contributed by atoms with Crippen molar-refractivity contribution in [1.29, 1.82) is 0 Å². The highest BCUT2D eigenvalue weighted by atomic mass is 35.5. The molecular weight excluding hydrogens is 286 g/mol. The van der Waals surface area contributed by atoms with Crippen LogP contribution in [0.3, 0.4) is 0 Å². The Hall–Kier alpha value is -0.580. The molecule has 0 spiro atoms. The summed E-state index contributed by atoms with van der Waals surface area (Å²) in [5, 5.41) is 4.81. The van der Waals surface area contributed by atoms with Crippen molar-refractivity contribution in [1.82, 2.24) is 14.7 Å². The van der Waals surface area contributed by atoms with Crippen LogP contribution < -0.4 is 0 Å². The van der Waals surface area contributed by atoms with E-state index >= 15 is 0 Å². The summed E-state index contributed by atoms with van der Waals surface area (Å²) in [6.45, 7) is 4.89. The molecule has 1 saturated heterocycles. The maximum atomic E-state index is 5.95. The Morgan fingerprint density at radius 2 is 2.10 bits per heavy atom. The molecule has 1 aromatic rings. The van der Waals surface area contributed by atoms with E-state index in [-0.39, 0.29) is 12.2 Å². The van der Waals surface area contributed by atoms with Crippen LogP contribution in [0.15, 0.2) is 12.3 Å². The number of morpholine rings is 1. The van der Waals surface area contributed by atoms with Gasteiger partial charge in [0, 0.05) is 31.7 Å². The van der Waals surface area contributed by atoms with Crippen molar-refractivity contribution in [2.24, 2.45) is 0 Å². The zero-order valence-electron chi connectivity index (χ0n) is 12.9. The molecule has 0 bridgehead atoms. The molecule has 1 aromatic heterocycles. The van der Waals surface area contributed by atoms with Crippen molar-refractivity contribution in [2.75, 3.05) is 19.0 Å². The van der Waals surface area contributed by atoms with E-state index in [1.165, 1.54) is 37.8 Å². The number of nitrogens with zero attached hydrogens (tertiary/aromatic N) is 3. The van der Waals surface area contributed by atoms with E-state index < -0.39 is 0 Å². The van der Waals surface area contributed by atoms with Gasteiger partial charge < -0.3 is 4.74 Å². The molecule has 0 amide bonds. The van der Waals surface area contributed by atoms with E-state index in [0.717, 1.165) is 19.6 Å². The Morgan fingerprint density at radius 3 is 2.86 bits per heavy atom. The summed E-state index contributed by atoms with van der Waals surface area (Å²) in [6, 6.07) is 2.79. The third kappa shape index (κ3) is 3.99. The lowest BCUT2D eigenvalue weighted by molar-refractivity contribution is -0.0692. The standard InChI is InChI=1S/C16H26ClN3O/c1-13-10-19(12-16(9-17)21-13)11-14-7-8-20(18-14)15-5-3-2-4-6-15/h7-8,13,15-16H,2-6,9-12H2,1H3. The SMILES string of the molecule is CC1CN(Cc2ccn(C3CCCCC3)n2)CC(CCl)O1. The summed E-state index contributed by atoms with van der Waals surface area (Å²) in [5.74, 6) is 0.567. The van der Waals surface area contributed by atoms with Crippen LogP contribution in [0.1, 0.15) is 50.8 Å². The van der Waals surface area contributed by atoms with Crippen LogP contribution in [0.25, 0.3) is 0 Å². The minimum Gasteiger partial charge on any atom is -0.371 e. The minimum absolute atomic E-state index is 0.149. The molecule has 2 atom stereocenters. The molecule has 0 aromatic carbocycles. The fourth-order valence-corrected chi connectivity index (χ4v) is 3.77. The van der Waals surface area contributed by atoms with E-state index in [1.807, 2.05) is 0 Å². The molecule has 1 aliphatic heterocycles. The number of alkyl halides is 1. The van der Waals surface area contributed by atoms with Gasteiger partial charge in [0.2, 0.25) is 0 Å². The fraction of sp³-hybridized carbons (Fsp3) is 0.812. The summed E-state index contributed by atoms with van der Waals surface area (Å²) in [5.41, 5.74) is 1.17. The summed E-state index contributed by atoms with van der Waals surface area (Å²) in [4.78, 5) is 2.41. The summed E-state index contributed by atoms with van der Waals surface area (Å²) < 4.78 is 8.00. The number of ether oxygens (including phenoxy) is 1. The van der Waals surface area contributed by atoms with Crippen LogP contribution in [0.5, 0.6) is 0 Å². The average molecular weight is 312 g/mol. The lowest BCUT2D eigenvalue weighted by Crippen LogP contribution is -2.46. The highest BCUT2D eigenvalue weighted by Gasteiger charge is 2.25. The molecule has 0 radical (unpaired) electrons. The molecule has 118 valence electrons. The van der Waals surface area contributed by atoms with Crippen LogP contribution in [-0.2, 0) is 11.3 Å². The smallest absolute Gasteiger partial charge is 0.0841 e. The third-order valence-electron chi connectivity index (χ3n) is 4.57. The number of aromatic nitrogens is 2. The third-order valence-corrected chi connectivity index (χ3v) is 4.92. The van der Waals surface area contributed by atoms with Crippen LogP contribution >= 0.6 is 11.6 Å². The quantitative estimate of drug-likeness (QED) is 0.800. The van der Waals surface area contributed by atoms with Crippen molar-refractivity contribution < 1.29 is 4.74 Å². The van der Waals surface area contributed by atoms with Crippen molar-refractivity contribution in [2.45, 2.75) is 63.8 Å². The zero-order chi connectivity index (χ0) is 14.7. The first-order chi connectivity index (χ1) is 10.2. The van der Waals surface area contributed by atoms with Gasteiger partial charge >= 0.3 is 0 Å². The Labute approximate surface area is 132 Å². The van der Waals surface area contributed by atoms with Crippen molar-refractivity contribution in [3.8, 4) is 0 Å². The van der Waals surface area contributed by atoms with Gasteiger partial charge in [0.25, 0.3) is 0 Å². The Kier molecular flexibility index (Phi) is 5.19. The predicted molar refractivity (Wildman–Crippen MR) is 84.7 cm³/mol. The number of hydrogen-bond donors (Lipinski definition) is 0. The lowest BCUT2D eigenvalue weighted by Gasteiger charge is -2.35. The Morgan fingerprint density at radius 1 is 1.29 bits per heavy atom. The number of halogens is 1. The van der Waals surface area contributed by atoms with Gasteiger partial charge in [0.15, 0.2) is 0 Å². The summed E-state index contributed by atoms with van der Waals surface area (Å²) in [6.07, 6.45) is 9.20. The zero-order valence-corrected chi connectivity index (χ0v) is 13.6. The molecule has 21 heavy (non-hydrogen) atoms. The highest BCUT2D eigenvalue weighted by molar-refractivity contribution is 6.18. The summed E-state index contributed by atoms with van der Waals surface area (Å²) >= 11 is 5.95. The van der Waals surface area contributed by atoms with Crippen LogP contribution in [0.4, 0.5) is 0 Å². The van der Waals surface area contributed by atoms with Gasteiger partial charge in [-0.15, -0.1) is 11.6 Å². The van der Waals surface area contributed by atoms with Crippen molar-refractivity contribution in [3.05, 3.63) is 18.0 Å². The topological polar surface area (TPSA) is 30.3 Å². The van der Waals surface area contributed by atoms with E-state index in [9.17, 15) is 0 Å². The van der Waals surface area contributed by atoms with Crippen LogP contribution in [0, 0.1) is 0 Å². The maximum Gasteiger partial charge on any atom is 0.0841 e. The Balaban J connectivity index is 1.58. The molecule has 1 aliphatic carbocycles. The highest BCUT2D eigenvalue weighted by Crippen LogP contribution is 2.27. The van der Waals surface area contributed by atoms with E-state index in [4.69, 9.17) is 21.4 Å². The molecular formula is C16H26ClN3O. The van der Waals surface area contributed by atoms with E-state index in [0.29, 0.717) is 11.9 Å². The average Bonchev–Trinajstić information content (AvgIpc) is 2.96. The minimum atomic E-state index is 0.149. The van der Waals surface area contributed by atoms with Crippen LogP contribution in [-0.4, -0.2) is 45.9 Å². The Bertz CT molecular complexity index is 444. The van der Waals surface area contributed by atoms with Gasteiger partial charge in [-0.3, -0.25) is 9.58 Å². The van der Waals surface area contributed by atoms with Gasteiger partial charge in [-0.2, -0.15) is 5.10 Å². The molecule has 3 rings (SSSR count). The van der Waals surface area contributed by atoms with Gasteiger partial charge in [-0.25, -0.2) is 0 Å². The first-order valence-electron chi connectivity index (χ1n) is 8.22. The van der Waals surface area contributed by atoms with E-state index in [1.54, 1.807) is 0 Å². The van der Waals surface area contributed by atoms with Gasteiger partial charge in [0.05, 0.1) is 23.9 Å². The lowest BCUT2D eigenvalue weighted by atomic mass is 9.96. The number of hydrogen-bond acceptors (Lipinski definition) is 3. The van der Waals surface area contributed by atoms with E-state index in [2.05, 4.69) is 28.8 Å². The van der Waals surface area contributed by atoms with Crippen molar-refractivity contribution >= 4 is 11.6 Å². The molecule has 2 aliphatic rings. The normalized spacial score (nSPS) is 28.9. The molecule has 2 unspecified atom stereocenters. The first-order valence-corrected chi connectivity index (χ1v) is 8.76. The van der Waals surface area contributed by atoms with Crippen molar-refractivity contribution in [3.63, 3.8) is 0 Å².